The molecule has 2 unspecified atom stereocenters. The van der Waals surface area contributed by atoms with Crippen LogP contribution in [0, 0.1) is 0 Å². The highest BCUT2D eigenvalue weighted by Crippen LogP contribution is 2.43. The van der Waals surface area contributed by atoms with E-state index < -0.39 is 32.5 Å². The molecule has 0 saturated heterocycles. The zero-order valence-corrected chi connectivity index (χ0v) is 35.6. The molecule has 0 aromatic rings. The molecule has 9 nitrogen and oxygen atoms in total. The molecular weight excluding hydrogens is 701 g/mol. The second-order valence-electron chi connectivity index (χ2n) is 14.6. The smallest absolute Gasteiger partial charge is 0.462 e. The van der Waals surface area contributed by atoms with Crippen LogP contribution in [0.3, 0.4) is 0 Å². The van der Waals surface area contributed by atoms with Gasteiger partial charge in [0.05, 0.1) is 27.7 Å². The summed E-state index contributed by atoms with van der Waals surface area (Å²) in [5, 5.41) is 0. The lowest BCUT2D eigenvalue weighted by atomic mass is 10.1. The molecule has 0 aliphatic carbocycles. The summed E-state index contributed by atoms with van der Waals surface area (Å²) < 4.78 is 34.1. The van der Waals surface area contributed by atoms with Gasteiger partial charge < -0.3 is 18.9 Å². The van der Waals surface area contributed by atoms with E-state index in [-0.39, 0.29) is 26.1 Å². The number of phosphoric acid groups is 1. The first-order valence-corrected chi connectivity index (χ1v) is 22.2. The van der Waals surface area contributed by atoms with Crippen molar-refractivity contribution in [3.8, 4) is 0 Å². The van der Waals surface area contributed by atoms with Crippen molar-refractivity contribution in [2.75, 3.05) is 47.5 Å². The minimum Gasteiger partial charge on any atom is -0.462 e. The van der Waals surface area contributed by atoms with Gasteiger partial charge >= 0.3 is 19.8 Å². The molecule has 0 amide bonds. The Hall–Kier alpha value is -2.55. The van der Waals surface area contributed by atoms with Crippen LogP contribution in [0.5, 0.6) is 0 Å². The largest absolute Gasteiger partial charge is 0.472 e. The number of unbranched alkanes of at least 4 members (excludes halogenated alkanes) is 10. The highest BCUT2D eigenvalue weighted by Gasteiger charge is 2.27. The molecule has 0 radical (unpaired) electrons. The Bertz CT molecular complexity index is 1150. The zero-order chi connectivity index (χ0) is 40.0. The Balaban J connectivity index is 4.54. The fourth-order valence-electron chi connectivity index (χ4n) is 4.98. The molecule has 54 heavy (non-hydrogen) atoms. The van der Waals surface area contributed by atoms with Gasteiger partial charge in [-0.3, -0.25) is 18.6 Å². The normalized spacial score (nSPS) is 14.4. The summed E-state index contributed by atoms with van der Waals surface area (Å²) in [5.41, 5.74) is 0. The molecule has 0 bridgehead atoms. The standard InChI is InChI=1S/C44H76NO8P/c1-6-8-10-12-14-16-18-20-21-22-23-25-27-29-31-33-35-37-44(47)53-42(41-52-54(48,49)51-39-38-45(3,4)5)40-50-43(46)36-34-32-30-28-26-24-19-17-15-13-11-9-7-2/h8,10,14,16-17,19-21,23,25,29,31,42H,6-7,9,11-13,15,18,22,24,26-28,30,32-41H2,1-5H3/p+1/b10-8-,16-14-,19-17-,21-20-,25-23-,31-29-. The van der Waals surface area contributed by atoms with Crippen molar-refractivity contribution in [3.63, 3.8) is 0 Å². The summed E-state index contributed by atoms with van der Waals surface area (Å²) in [4.78, 5) is 35.2. The fourth-order valence-corrected chi connectivity index (χ4v) is 5.72. The SMILES string of the molecule is CC/C=C\C/C=C\C/C=C\C/C=C\C/C=C\CCCC(=O)OC(COC(=O)CCCCCCC/C=C\CCCCCC)COP(=O)(O)OCC[N+](C)(C)C. The summed E-state index contributed by atoms with van der Waals surface area (Å²) in [5.74, 6) is -0.885. The lowest BCUT2D eigenvalue weighted by Crippen LogP contribution is -2.37. The number of ether oxygens (including phenoxy) is 2. The van der Waals surface area contributed by atoms with Crippen LogP contribution in [0.25, 0.3) is 0 Å². The Morgan fingerprint density at radius 3 is 1.65 bits per heavy atom. The number of allylic oxidation sites excluding steroid dienone is 12. The van der Waals surface area contributed by atoms with Crippen LogP contribution < -0.4 is 0 Å². The van der Waals surface area contributed by atoms with Gasteiger partial charge in [-0.1, -0.05) is 125 Å². The Kier molecular flexibility index (Phi) is 34.4. The lowest BCUT2D eigenvalue weighted by Gasteiger charge is -2.24. The minimum atomic E-state index is -4.39. The first kappa shape index (κ1) is 51.5. The first-order valence-electron chi connectivity index (χ1n) is 20.7. The third-order valence-corrected chi connectivity index (χ3v) is 9.20. The average molecular weight is 779 g/mol. The maximum Gasteiger partial charge on any atom is 0.472 e. The fraction of sp³-hybridized carbons (Fsp3) is 0.682. The van der Waals surface area contributed by atoms with E-state index in [1.807, 2.05) is 27.2 Å². The van der Waals surface area contributed by atoms with Gasteiger partial charge in [0.25, 0.3) is 0 Å². The quantitative estimate of drug-likeness (QED) is 0.0220. The number of carbonyl (C=O) groups is 2. The van der Waals surface area contributed by atoms with Gasteiger partial charge in [0.15, 0.2) is 6.10 Å². The summed E-state index contributed by atoms with van der Waals surface area (Å²) in [6.45, 7) is 4.19. The predicted octanol–water partition coefficient (Wildman–Crippen LogP) is 11.5. The molecule has 10 heteroatoms. The summed E-state index contributed by atoms with van der Waals surface area (Å²) >= 11 is 0. The van der Waals surface area contributed by atoms with Crippen LogP contribution in [0.2, 0.25) is 0 Å². The van der Waals surface area contributed by atoms with Crippen LogP contribution in [-0.2, 0) is 32.7 Å². The van der Waals surface area contributed by atoms with Crippen LogP contribution in [0.4, 0.5) is 0 Å². The van der Waals surface area contributed by atoms with Crippen molar-refractivity contribution in [2.45, 2.75) is 148 Å². The van der Waals surface area contributed by atoms with E-state index >= 15 is 0 Å². The van der Waals surface area contributed by atoms with Gasteiger partial charge in [-0.2, -0.15) is 0 Å². The number of hydrogen-bond acceptors (Lipinski definition) is 7. The van der Waals surface area contributed by atoms with Crippen LogP contribution in [0.15, 0.2) is 72.9 Å². The maximum absolute atomic E-state index is 12.6. The van der Waals surface area contributed by atoms with Crippen LogP contribution in [-0.4, -0.2) is 74.9 Å². The van der Waals surface area contributed by atoms with Gasteiger partial charge in [-0.25, -0.2) is 4.57 Å². The third-order valence-electron chi connectivity index (χ3n) is 8.22. The number of hydrogen-bond donors (Lipinski definition) is 1. The van der Waals surface area contributed by atoms with Gasteiger partial charge in [0.1, 0.15) is 19.8 Å². The lowest BCUT2D eigenvalue weighted by molar-refractivity contribution is -0.870. The van der Waals surface area contributed by atoms with E-state index in [0.29, 0.717) is 23.9 Å². The maximum atomic E-state index is 12.6. The van der Waals surface area contributed by atoms with E-state index in [1.54, 1.807) is 0 Å². The Morgan fingerprint density at radius 2 is 1.07 bits per heavy atom. The van der Waals surface area contributed by atoms with Gasteiger partial charge in [0, 0.05) is 12.8 Å². The monoisotopic (exact) mass is 779 g/mol. The van der Waals surface area contributed by atoms with Crippen molar-refractivity contribution < 1.29 is 42.1 Å². The molecule has 0 rings (SSSR count). The Morgan fingerprint density at radius 1 is 0.593 bits per heavy atom. The zero-order valence-electron chi connectivity index (χ0n) is 34.7. The number of likely N-dealkylation sites (N-methyl/N-ethyl adjacent to an activating group) is 1. The van der Waals surface area contributed by atoms with Crippen molar-refractivity contribution in [2.24, 2.45) is 0 Å². The molecule has 0 aliphatic rings. The van der Waals surface area contributed by atoms with Crippen molar-refractivity contribution in [3.05, 3.63) is 72.9 Å². The molecule has 0 aliphatic heterocycles. The number of nitrogens with zero attached hydrogens (tertiary/aromatic N) is 1. The number of phosphoric ester groups is 1. The summed E-state index contributed by atoms with van der Waals surface area (Å²) in [6, 6.07) is 0. The van der Waals surface area contributed by atoms with E-state index in [4.69, 9.17) is 18.5 Å². The first-order chi connectivity index (χ1) is 26.0. The van der Waals surface area contributed by atoms with E-state index in [0.717, 1.165) is 70.6 Å². The van der Waals surface area contributed by atoms with Crippen LogP contribution in [0.1, 0.15) is 142 Å². The molecule has 0 fully saturated rings. The number of esters is 2. The second-order valence-corrected chi connectivity index (χ2v) is 16.1. The molecule has 0 heterocycles. The van der Waals surface area contributed by atoms with Gasteiger partial charge in [-0.05, 0) is 77.0 Å². The highest BCUT2D eigenvalue weighted by atomic mass is 31.2. The van der Waals surface area contributed by atoms with E-state index in [9.17, 15) is 19.0 Å². The minimum absolute atomic E-state index is 0.0162. The van der Waals surface area contributed by atoms with Crippen LogP contribution >= 0.6 is 7.82 Å². The Labute approximate surface area is 329 Å². The highest BCUT2D eigenvalue weighted by molar-refractivity contribution is 7.47. The van der Waals surface area contributed by atoms with Gasteiger partial charge in [0.2, 0.25) is 0 Å². The van der Waals surface area contributed by atoms with Crippen molar-refractivity contribution in [1.29, 1.82) is 0 Å². The summed E-state index contributed by atoms with van der Waals surface area (Å²) in [6.07, 6.45) is 43.9. The molecule has 0 aromatic carbocycles. The second kappa shape index (κ2) is 36.1. The molecule has 1 N–H and O–H groups in total. The molecular formula is C44H77NO8P+. The molecule has 310 valence electrons. The van der Waals surface area contributed by atoms with E-state index in [1.165, 1.54) is 32.1 Å². The van der Waals surface area contributed by atoms with E-state index in [2.05, 4.69) is 80.7 Å². The van der Waals surface area contributed by atoms with Crippen molar-refractivity contribution in [1.82, 2.24) is 0 Å². The van der Waals surface area contributed by atoms with Crippen molar-refractivity contribution >= 4 is 19.8 Å². The average Bonchev–Trinajstić information content (AvgIpc) is 3.12. The topological polar surface area (TPSA) is 108 Å². The predicted molar refractivity (Wildman–Crippen MR) is 224 cm³/mol. The molecule has 0 saturated carbocycles. The number of carbonyl (C=O) groups excluding carboxylic acids is 2. The number of rotatable bonds is 36. The molecule has 0 spiro atoms. The molecule has 0 aromatic heterocycles. The summed E-state index contributed by atoms with van der Waals surface area (Å²) in [7, 11) is 1.42. The van der Waals surface area contributed by atoms with Gasteiger partial charge in [-0.15, -0.1) is 0 Å². The third kappa shape index (κ3) is 39.2. The number of quaternary nitrogens is 1. The molecule has 2 atom stereocenters.